The number of nitrogens with zero attached hydrogens (tertiary/aromatic N) is 1. The largest absolute Gasteiger partial charge is 0.455 e. The Morgan fingerprint density at radius 1 is 0.844 bits per heavy atom. The zero-order valence-corrected chi connectivity index (χ0v) is 19.4. The Labute approximate surface area is 194 Å². The van der Waals surface area contributed by atoms with E-state index in [-0.39, 0.29) is 0 Å². The standard InChI is InChI=1S/C29H20BrNO/c1-17-15-20(12-11-19(17)16-18(2)30)28-24-14-13-22-21-7-4-6-10-26(21)32-29(22)27(24)23-8-3-5-9-25(23)31-28/h3-16H,1-2H3/b18-16+. The molecule has 3 heteroatoms. The summed E-state index contributed by atoms with van der Waals surface area (Å²) >= 11 is 3.54. The van der Waals surface area contributed by atoms with E-state index in [1.165, 1.54) is 11.1 Å². The number of hydrogen-bond donors (Lipinski definition) is 0. The molecule has 2 aromatic heterocycles. The highest BCUT2D eigenvalue weighted by Crippen LogP contribution is 2.40. The Balaban J connectivity index is 1.73. The molecule has 6 rings (SSSR count). The molecule has 0 radical (unpaired) electrons. The van der Waals surface area contributed by atoms with Gasteiger partial charge in [0.15, 0.2) is 0 Å². The van der Waals surface area contributed by atoms with Crippen molar-refractivity contribution in [2.24, 2.45) is 0 Å². The number of halogens is 1. The van der Waals surface area contributed by atoms with E-state index >= 15 is 0 Å². The van der Waals surface area contributed by atoms with Crippen LogP contribution in [0, 0.1) is 6.92 Å². The predicted octanol–water partition coefficient (Wildman–Crippen LogP) is 9.02. The van der Waals surface area contributed by atoms with Crippen LogP contribution in [0.1, 0.15) is 18.1 Å². The number of rotatable bonds is 2. The lowest BCUT2D eigenvalue weighted by Gasteiger charge is -2.12. The van der Waals surface area contributed by atoms with Crippen LogP contribution in [0.15, 0.2) is 87.8 Å². The van der Waals surface area contributed by atoms with Crippen LogP contribution >= 0.6 is 15.9 Å². The first-order chi connectivity index (χ1) is 15.6. The number of hydrogen-bond acceptors (Lipinski definition) is 2. The van der Waals surface area contributed by atoms with Crippen molar-refractivity contribution in [1.29, 1.82) is 0 Å². The summed E-state index contributed by atoms with van der Waals surface area (Å²) in [5.41, 5.74) is 7.32. The third kappa shape index (κ3) is 2.96. The molecule has 0 saturated carbocycles. The average Bonchev–Trinajstić information content (AvgIpc) is 3.18. The lowest BCUT2D eigenvalue weighted by Crippen LogP contribution is -1.91. The molecular weight excluding hydrogens is 458 g/mol. The van der Waals surface area contributed by atoms with Gasteiger partial charge in [-0.2, -0.15) is 0 Å². The summed E-state index contributed by atoms with van der Waals surface area (Å²) in [5, 5.41) is 5.62. The molecule has 4 aromatic carbocycles. The Morgan fingerprint density at radius 2 is 1.59 bits per heavy atom. The average molecular weight is 478 g/mol. The second-order valence-electron chi connectivity index (χ2n) is 8.24. The number of furan rings is 1. The highest BCUT2D eigenvalue weighted by atomic mass is 79.9. The van der Waals surface area contributed by atoms with Gasteiger partial charge in [0.2, 0.25) is 0 Å². The third-order valence-electron chi connectivity index (χ3n) is 6.11. The van der Waals surface area contributed by atoms with Crippen molar-refractivity contribution in [1.82, 2.24) is 4.98 Å². The van der Waals surface area contributed by atoms with Gasteiger partial charge in [0.1, 0.15) is 11.2 Å². The number of benzene rings is 4. The number of aryl methyl sites for hydroxylation is 1. The SMILES string of the molecule is C/C(Br)=C\c1ccc(-c2nc3ccccc3c3c2ccc2c4ccccc4oc23)cc1C. The van der Waals surface area contributed by atoms with Gasteiger partial charge in [0.25, 0.3) is 0 Å². The van der Waals surface area contributed by atoms with Gasteiger partial charge in [-0.25, -0.2) is 4.98 Å². The molecule has 0 spiro atoms. The van der Waals surface area contributed by atoms with Crippen molar-refractivity contribution in [3.63, 3.8) is 0 Å². The van der Waals surface area contributed by atoms with Crippen LogP contribution in [0.5, 0.6) is 0 Å². The molecule has 2 nitrogen and oxygen atoms in total. The lowest BCUT2D eigenvalue weighted by atomic mass is 9.96. The molecule has 6 aromatic rings. The molecule has 0 atom stereocenters. The van der Waals surface area contributed by atoms with Crippen LogP contribution in [-0.2, 0) is 0 Å². The smallest absolute Gasteiger partial charge is 0.144 e. The van der Waals surface area contributed by atoms with E-state index in [2.05, 4.69) is 89.6 Å². The third-order valence-corrected chi connectivity index (χ3v) is 6.33. The number of allylic oxidation sites excluding steroid dienone is 1. The van der Waals surface area contributed by atoms with Gasteiger partial charge in [-0.15, -0.1) is 0 Å². The molecule has 0 amide bonds. The monoisotopic (exact) mass is 477 g/mol. The molecule has 0 fully saturated rings. The Bertz CT molecular complexity index is 1700. The van der Waals surface area contributed by atoms with Crippen LogP contribution in [0.25, 0.3) is 60.9 Å². The highest BCUT2D eigenvalue weighted by molar-refractivity contribution is 9.11. The van der Waals surface area contributed by atoms with E-state index in [9.17, 15) is 0 Å². The maximum absolute atomic E-state index is 6.41. The number of pyridine rings is 1. The fourth-order valence-electron chi connectivity index (χ4n) is 4.64. The van der Waals surface area contributed by atoms with Gasteiger partial charge in [-0.1, -0.05) is 70.5 Å². The first-order valence-corrected chi connectivity index (χ1v) is 11.5. The Hall–Kier alpha value is -3.43. The molecule has 2 heterocycles. The topological polar surface area (TPSA) is 26.0 Å². The maximum Gasteiger partial charge on any atom is 0.144 e. The van der Waals surface area contributed by atoms with Gasteiger partial charge in [0, 0.05) is 32.5 Å². The van der Waals surface area contributed by atoms with E-state index in [0.29, 0.717) is 0 Å². The van der Waals surface area contributed by atoms with E-state index in [1.807, 2.05) is 25.1 Å². The van der Waals surface area contributed by atoms with Crippen molar-refractivity contribution >= 4 is 65.6 Å². The Morgan fingerprint density at radius 3 is 2.41 bits per heavy atom. The summed E-state index contributed by atoms with van der Waals surface area (Å²) in [4.78, 5) is 5.10. The first-order valence-electron chi connectivity index (χ1n) is 10.7. The van der Waals surface area contributed by atoms with Crippen molar-refractivity contribution in [3.8, 4) is 11.3 Å². The van der Waals surface area contributed by atoms with Crippen LogP contribution in [0.3, 0.4) is 0 Å². The summed E-state index contributed by atoms with van der Waals surface area (Å²) in [7, 11) is 0. The van der Waals surface area contributed by atoms with E-state index < -0.39 is 0 Å². The molecule has 0 aliphatic heterocycles. The predicted molar refractivity (Wildman–Crippen MR) is 139 cm³/mol. The molecule has 0 saturated heterocycles. The summed E-state index contributed by atoms with van der Waals surface area (Å²) in [6.45, 7) is 4.19. The molecule has 154 valence electrons. The molecule has 0 unspecified atom stereocenters. The molecule has 32 heavy (non-hydrogen) atoms. The van der Waals surface area contributed by atoms with Gasteiger partial charge < -0.3 is 4.42 Å². The minimum Gasteiger partial charge on any atom is -0.455 e. The summed E-state index contributed by atoms with van der Waals surface area (Å²) in [5.74, 6) is 0. The van der Waals surface area contributed by atoms with Crippen molar-refractivity contribution < 1.29 is 4.42 Å². The molecule has 0 aliphatic carbocycles. The van der Waals surface area contributed by atoms with Gasteiger partial charge in [-0.3, -0.25) is 0 Å². The van der Waals surface area contributed by atoms with Gasteiger partial charge in [0.05, 0.1) is 11.2 Å². The molecule has 0 N–H and O–H groups in total. The summed E-state index contributed by atoms with van der Waals surface area (Å²) in [6.07, 6.45) is 2.14. The van der Waals surface area contributed by atoms with Crippen LogP contribution in [-0.4, -0.2) is 4.98 Å². The minimum atomic E-state index is 0.912. The second kappa shape index (κ2) is 7.32. The first kappa shape index (κ1) is 19.3. The van der Waals surface area contributed by atoms with E-state index in [1.54, 1.807) is 0 Å². The van der Waals surface area contributed by atoms with Crippen molar-refractivity contribution in [2.45, 2.75) is 13.8 Å². The van der Waals surface area contributed by atoms with Gasteiger partial charge >= 0.3 is 0 Å². The van der Waals surface area contributed by atoms with Crippen molar-refractivity contribution in [3.05, 3.63) is 94.5 Å². The maximum atomic E-state index is 6.41. The quantitative estimate of drug-likeness (QED) is 0.232. The van der Waals surface area contributed by atoms with E-state index in [0.717, 1.165) is 59.4 Å². The molecule has 0 bridgehead atoms. The highest BCUT2D eigenvalue weighted by Gasteiger charge is 2.17. The Kier molecular flexibility index (Phi) is 4.41. The van der Waals surface area contributed by atoms with Crippen LogP contribution < -0.4 is 0 Å². The van der Waals surface area contributed by atoms with Crippen molar-refractivity contribution in [2.75, 3.05) is 0 Å². The normalized spacial score (nSPS) is 12.4. The minimum absolute atomic E-state index is 0.912. The zero-order chi connectivity index (χ0) is 21.8. The fourth-order valence-corrected chi connectivity index (χ4v) is 4.88. The number of fused-ring (bicyclic) bond motifs is 7. The zero-order valence-electron chi connectivity index (χ0n) is 17.8. The van der Waals surface area contributed by atoms with E-state index in [4.69, 9.17) is 9.40 Å². The lowest BCUT2D eigenvalue weighted by molar-refractivity contribution is 0.673. The second-order valence-corrected chi connectivity index (χ2v) is 9.49. The van der Waals surface area contributed by atoms with Gasteiger partial charge in [-0.05, 0) is 59.8 Å². The van der Waals surface area contributed by atoms with Crippen LogP contribution in [0.4, 0.5) is 0 Å². The number of aromatic nitrogens is 1. The fraction of sp³-hybridized carbons (Fsp3) is 0.0690. The molecule has 0 aliphatic rings. The van der Waals surface area contributed by atoms with Crippen LogP contribution in [0.2, 0.25) is 0 Å². The number of para-hydroxylation sites is 2. The molecular formula is C29H20BrNO. The summed E-state index contributed by atoms with van der Waals surface area (Å²) < 4.78 is 7.52. The summed E-state index contributed by atoms with van der Waals surface area (Å²) in [6, 6.07) is 27.5.